The lowest BCUT2D eigenvalue weighted by Gasteiger charge is -2.05. The van der Waals surface area contributed by atoms with Crippen molar-refractivity contribution in [3.63, 3.8) is 0 Å². The van der Waals surface area contributed by atoms with Crippen molar-refractivity contribution in [3.05, 3.63) is 29.8 Å². The smallest absolute Gasteiger partial charge is 0.315 e. The Labute approximate surface area is 96.6 Å². The van der Waals surface area contributed by atoms with Gasteiger partial charge in [0.15, 0.2) is 0 Å². The normalized spacial score (nSPS) is 9.82. The molecule has 0 fully saturated rings. The van der Waals surface area contributed by atoms with Crippen molar-refractivity contribution in [3.8, 4) is 0 Å². The Morgan fingerprint density at radius 2 is 1.82 bits per heavy atom. The summed E-state index contributed by atoms with van der Waals surface area (Å²) < 4.78 is 30.1. The number of anilines is 1. The number of ether oxygens (including phenoxy) is 1. The molecule has 4 nitrogen and oxygen atoms in total. The van der Waals surface area contributed by atoms with E-state index in [2.05, 4.69) is 10.1 Å². The molecule has 17 heavy (non-hydrogen) atoms. The SMILES string of the molecule is CCOC(=O)CC(=O)Nc1cc(F)cc(F)c1. The van der Waals surface area contributed by atoms with E-state index in [0.29, 0.717) is 6.07 Å². The summed E-state index contributed by atoms with van der Waals surface area (Å²) in [6.45, 7) is 1.78. The molecule has 0 atom stereocenters. The molecule has 92 valence electrons. The maximum absolute atomic E-state index is 12.8. The van der Waals surface area contributed by atoms with Gasteiger partial charge in [0.1, 0.15) is 18.1 Å². The Morgan fingerprint density at radius 3 is 2.35 bits per heavy atom. The number of halogens is 2. The summed E-state index contributed by atoms with van der Waals surface area (Å²) in [5.74, 6) is -3.00. The van der Waals surface area contributed by atoms with Gasteiger partial charge in [-0.3, -0.25) is 9.59 Å². The number of amides is 1. The summed E-state index contributed by atoms with van der Waals surface area (Å²) in [6.07, 6.45) is -0.494. The Morgan fingerprint density at radius 1 is 1.24 bits per heavy atom. The highest BCUT2D eigenvalue weighted by molar-refractivity contribution is 6.01. The zero-order chi connectivity index (χ0) is 12.8. The molecule has 0 aliphatic heterocycles. The summed E-state index contributed by atoms with van der Waals surface area (Å²) in [7, 11) is 0. The molecule has 0 heterocycles. The molecule has 0 aromatic heterocycles. The van der Waals surface area contributed by atoms with E-state index < -0.39 is 29.9 Å². The van der Waals surface area contributed by atoms with Gasteiger partial charge in [0.2, 0.25) is 5.91 Å². The molecule has 0 radical (unpaired) electrons. The van der Waals surface area contributed by atoms with Gasteiger partial charge in [0, 0.05) is 11.8 Å². The molecule has 0 saturated heterocycles. The van der Waals surface area contributed by atoms with Crippen molar-refractivity contribution in [2.45, 2.75) is 13.3 Å². The third-order valence-electron chi connectivity index (χ3n) is 1.76. The van der Waals surface area contributed by atoms with Crippen LogP contribution in [0.4, 0.5) is 14.5 Å². The van der Waals surface area contributed by atoms with E-state index in [1.807, 2.05) is 0 Å². The molecule has 0 aliphatic rings. The van der Waals surface area contributed by atoms with Crippen LogP contribution in [-0.2, 0) is 14.3 Å². The molecule has 0 spiro atoms. The van der Waals surface area contributed by atoms with Crippen LogP contribution >= 0.6 is 0 Å². The third-order valence-corrected chi connectivity index (χ3v) is 1.76. The summed E-state index contributed by atoms with van der Waals surface area (Å²) >= 11 is 0. The highest BCUT2D eigenvalue weighted by Gasteiger charge is 2.11. The van der Waals surface area contributed by atoms with Gasteiger partial charge in [-0.25, -0.2) is 8.78 Å². The van der Waals surface area contributed by atoms with Gasteiger partial charge in [-0.2, -0.15) is 0 Å². The van der Waals surface area contributed by atoms with Crippen LogP contribution in [0.3, 0.4) is 0 Å². The Kier molecular flexibility index (Phi) is 4.56. The molecule has 1 aromatic carbocycles. The molecule has 6 heteroatoms. The predicted octanol–water partition coefficient (Wildman–Crippen LogP) is 1.86. The second-order valence-corrected chi connectivity index (χ2v) is 3.19. The van der Waals surface area contributed by atoms with Gasteiger partial charge in [0.05, 0.1) is 6.61 Å². The van der Waals surface area contributed by atoms with Gasteiger partial charge in [-0.05, 0) is 19.1 Å². The number of benzene rings is 1. The highest BCUT2D eigenvalue weighted by Crippen LogP contribution is 2.13. The molecular weight excluding hydrogens is 232 g/mol. The lowest BCUT2D eigenvalue weighted by Crippen LogP contribution is -2.18. The van der Waals surface area contributed by atoms with Crippen molar-refractivity contribution in [2.24, 2.45) is 0 Å². The van der Waals surface area contributed by atoms with Crippen molar-refractivity contribution in [2.75, 3.05) is 11.9 Å². The fraction of sp³-hybridized carbons (Fsp3) is 0.273. The average Bonchev–Trinajstić information content (AvgIpc) is 2.14. The third kappa shape index (κ3) is 4.58. The average molecular weight is 243 g/mol. The molecule has 0 aliphatic carbocycles. The molecule has 1 N–H and O–H groups in total. The summed E-state index contributed by atoms with van der Waals surface area (Å²) in [5.41, 5.74) is -0.0446. The second-order valence-electron chi connectivity index (χ2n) is 3.19. The number of nitrogens with one attached hydrogen (secondary N) is 1. The second kappa shape index (κ2) is 5.93. The fourth-order valence-electron chi connectivity index (χ4n) is 1.17. The Bertz CT molecular complexity index is 414. The van der Waals surface area contributed by atoms with Crippen molar-refractivity contribution >= 4 is 17.6 Å². The number of hydrogen-bond acceptors (Lipinski definition) is 3. The topological polar surface area (TPSA) is 55.4 Å². The van der Waals surface area contributed by atoms with Crippen molar-refractivity contribution < 1.29 is 23.1 Å². The van der Waals surface area contributed by atoms with Crippen LogP contribution in [0.2, 0.25) is 0 Å². The van der Waals surface area contributed by atoms with E-state index in [4.69, 9.17) is 0 Å². The first kappa shape index (κ1) is 13.1. The zero-order valence-electron chi connectivity index (χ0n) is 9.13. The first-order valence-electron chi connectivity index (χ1n) is 4.93. The zero-order valence-corrected chi connectivity index (χ0v) is 9.13. The number of hydrogen-bond donors (Lipinski definition) is 1. The van der Waals surface area contributed by atoms with E-state index in [1.165, 1.54) is 0 Å². The number of carbonyl (C=O) groups excluding carboxylic acids is 2. The van der Waals surface area contributed by atoms with E-state index in [-0.39, 0.29) is 12.3 Å². The van der Waals surface area contributed by atoms with E-state index >= 15 is 0 Å². The van der Waals surface area contributed by atoms with Gasteiger partial charge < -0.3 is 10.1 Å². The molecule has 0 saturated carbocycles. The standard InChI is InChI=1S/C11H11F2NO3/c1-2-17-11(16)6-10(15)14-9-4-7(12)3-8(13)5-9/h3-5H,2,6H2,1H3,(H,14,15). The fourth-order valence-corrected chi connectivity index (χ4v) is 1.17. The van der Waals surface area contributed by atoms with Crippen LogP contribution in [0.5, 0.6) is 0 Å². The Balaban J connectivity index is 2.59. The minimum absolute atomic E-state index is 0.0446. The quantitative estimate of drug-likeness (QED) is 0.648. The van der Waals surface area contributed by atoms with Crippen LogP contribution in [0.25, 0.3) is 0 Å². The van der Waals surface area contributed by atoms with Crippen LogP contribution in [0.15, 0.2) is 18.2 Å². The minimum Gasteiger partial charge on any atom is -0.466 e. The molecule has 1 aromatic rings. The van der Waals surface area contributed by atoms with Crippen molar-refractivity contribution in [1.82, 2.24) is 0 Å². The lowest BCUT2D eigenvalue weighted by molar-refractivity contribution is -0.145. The molecular formula is C11H11F2NO3. The molecule has 0 unspecified atom stereocenters. The van der Waals surface area contributed by atoms with Gasteiger partial charge in [-0.15, -0.1) is 0 Å². The van der Waals surface area contributed by atoms with Crippen LogP contribution in [0, 0.1) is 11.6 Å². The van der Waals surface area contributed by atoms with E-state index in [1.54, 1.807) is 6.92 Å². The van der Waals surface area contributed by atoms with E-state index in [0.717, 1.165) is 12.1 Å². The first-order valence-corrected chi connectivity index (χ1v) is 4.93. The minimum atomic E-state index is -0.809. The van der Waals surface area contributed by atoms with Crippen LogP contribution < -0.4 is 5.32 Å². The van der Waals surface area contributed by atoms with Crippen LogP contribution in [-0.4, -0.2) is 18.5 Å². The largest absolute Gasteiger partial charge is 0.466 e. The summed E-state index contributed by atoms with van der Waals surface area (Å²) in [4.78, 5) is 22.2. The maximum Gasteiger partial charge on any atom is 0.315 e. The predicted molar refractivity (Wildman–Crippen MR) is 56.2 cm³/mol. The molecule has 1 amide bonds. The van der Waals surface area contributed by atoms with Gasteiger partial charge >= 0.3 is 5.97 Å². The number of rotatable bonds is 4. The maximum atomic E-state index is 12.8. The van der Waals surface area contributed by atoms with Gasteiger partial charge in [0.25, 0.3) is 0 Å². The highest BCUT2D eigenvalue weighted by atomic mass is 19.1. The monoisotopic (exact) mass is 243 g/mol. The number of esters is 1. The summed E-state index contributed by atoms with van der Waals surface area (Å²) in [5, 5.41) is 2.19. The van der Waals surface area contributed by atoms with E-state index in [9.17, 15) is 18.4 Å². The summed E-state index contributed by atoms with van der Waals surface area (Å²) in [6, 6.07) is 2.58. The molecule has 1 rings (SSSR count). The molecule has 0 bridgehead atoms. The first-order chi connectivity index (χ1) is 8.01. The Hall–Kier alpha value is -1.98. The van der Waals surface area contributed by atoms with Crippen molar-refractivity contribution in [1.29, 1.82) is 0 Å². The van der Waals surface area contributed by atoms with Gasteiger partial charge in [-0.1, -0.05) is 0 Å². The lowest BCUT2D eigenvalue weighted by atomic mass is 10.3. The number of carbonyl (C=O) groups is 2. The van der Waals surface area contributed by atoms with Crippen LogP contribution in [0.1, 0.15) is 13.3 Å².